The number of hydrogen-bond donors (Lipinski definition) is 2. The molecule has 0 spiro atoms. The lowest BCUT2D eigenvalue weighted by atomic mass is 9.94. The number of nitro groups is 1. The maximum absolute atomic E-state index is 13.6. The highest BCUT2D eigenvalue weighted by molar-refractivity contribution is 7.80. The van der Waals surface area contributed by atoms with E-state index < -0.39 is 36.5 Å². The van der Waals surface area contributed by atoms with Gasteiger partial charge in [-0.05, 0) is 49.2 Å². The van der Waals surface area contributed by atoms with Gasteiger partial charge in [0.1, 0.15) is 24.1 Å². The predicted octanol–water partition coefficient (Wildman–Crippen LogP) is 5.51. The molecule has 214 valence electrons. The van der Waals surface area contributed by atoms with Gasteiger partial charge in [-0.3, -0.25) is 14.9 Å². The molecule has 10 nitrogen and oxygen atoms in total. The second kappa shape index (κ2) is 12.8. The van der Waals surface area contributed by atoms with Gasteiger partial charge >= 0.3 is 11.9 Å². The van der Waals surface area contributed by atoms with Crippen LogP contribution in [0.1, 0.15) is 59.5 Å². The molecule has 1 unspecified atom stereocenters. The Morgan fingerprint density at radius 2 is 1.72 bits per heavy atom. The molecular weight excluding hydrogens is 540 g/mol. The first-order chi connectivity index (χ1) is 18.0. The van der Waals surface area contributed by atoms with Crippen LogP contribution >= 0.6 is 12.6 Å². The van der Waals surface area contributed by atoms with Crippen molar-refractivity contribution in [2.24, 2.45) is 5.73 Å². The van der Waals surface area contributed by atoms with Crippen molar-refractivity contribution in [3.63, 3.8) is 0 Å². The van der Waals surface area contributed by atoms with Gasteiger partial charge in [0.15, 0.2) is 0 Å². The number of esters is 2. The maximum Gasteiger partial charge on any atom is 0.339 e. The highest BCUT2D eigenvalue weighted by Crippen LogP contribution is 2.45. The molecule has 2 aromatic rings. The van der Waals surface area contributed by atoms with Gasteiger partial charge in [-0.2, -0.15) is 12.6 Å². The number of nitro benzene ring substituents is 1. The molecule has 12 heteroatoms. The third-order valence-electron chi connectivity index (χ3n) is 6.97. The van der Waals surface area contributed by atoms with Crippen molar-refractivity contribution in [1.82, 2.24) is 0 Å². The number of nitrogens with two attached hydrogens (primary N) is 1. The number of thiol groups is 1. The monoisotopic (exact) mass is 578 g/mol. The van der Waals surface area contributed by atoms with Crippen LogP contribution in [-0.4, -0.2) is 45.4 Å². The Kier molecular flexibility index (Phi) is 10.6. The van der Waals surface area contributed by atoms with Crippen LogP contribution in [-0.2, 0) is 20.9 Å². The van der Waals surface area contributed by atoms with E-state index in [-0.39, 0.29) is 29.3 Å². The van der Waals surface area contributed by atoms with Gasteiger partial charge < -0.3 is 24.4 Å². The molecule has 0 amide bonds. The van der Waals surface area contributed by atoms with Crippen LogP contribution in [0.25, 0.3) is 0 Å². The van der Waals surface area contributed by atoms with E-state index in [9.17, 15) is 19.7 Å². The van der Waals surface area contributed by atoms with E-state index in [2.05, 4.69) is 33.9 Å². The van der Waals surface area contributed by atoms with Crippen molar-refractivity contribution in [2.75, 3.05) is 14.2 Å². The lowest BCUT2D eigenvalue weighted by molar-refractivity contribution is -0.384. The lowest BCUT2D eigenvalue weighted by Gasteiger charge is -2.38. The van der Waals surface area contributed by atoms with Crippen LogP contribution in [0.15, 0.2) is 30.3 Å². The first-order valence-electron chi connectivity index (χ1n) is 12.4. The Labute approximate surface area is 235 Å². The first-order valence-corrected chi connectivity index (χ1v) is 15.8. The minimum Gasteiger partial charge on any atom is -0.543 e. The quantitative estimate of drug-likeness (QED) is 0.116. The highest BCUT2D eigenvalue weighted by atomic mass is 32.1. The van der Waals surface area contributed by atoms with Crippen molar-refractivity contribution in [2.45, 2.75) is 70.1 Å². The van der Waals surface area contributed by atoms with Crippen LogP contribution in [0.3, 0.4) is 0 Å². The van der Waals surface area contributed by atoms with E-state index in [1.54, 1.807) is 13.0 Å². The number of carbonyl (C=O) groups is 2. The zero-order valence-electron chi connectivity index (χ0n) is 23.7. The summed E-state index contributed by atoms with van der Waals surface area (Å²) < 4.78 is 22.7. The smallest absolute Gasteiger partial charge is 0.339 e. The summed E-state index contributed by atoms with van der Waals surface area (Å²) in [6, 6.07) is 6.47. The van der Waals surface area contributed by atoms with Gasteiger partial charge in [-0.1, -0.05) is 20.8 Å². The van der Waals surface area contributed by atoms with E-state index in [0.717, 1.165) is 0 Å². The summed E-state index contributed by atoms with van der Waals surface area (Å²) in [5.41, 5.74) is 7.71. The van der Waals surface area contributed by atoms with Gasteiger partial charge in [0.25, 0.3) is 5.69 Å². The zero-order chi connectivity index (χ0) is 29.7. The molecule has 2 rings (SSSR count). The average Bonchev–Trinajstić information content (AvgIpc) is 2.86. The van der Waals surface area contributed by atoms with E-state index in [4.69, 9.17) is 37.0 Å². The average molecular weight is 579 g/mol. The maximum atomic E-state index is 13.6. The van der Waals surface area contributed by atoms with Crippen molar-refractivity contribution >= 4 is 38.6 Å². The second-order valence-corrected chi connectivity index (χ2v) is 16.1. The molecule has 0 bridgehead atoms. The van der Waals surface area contributed by atoms with Crippen LogP contribution in [0.2, 0.25) is 18.1 Å². The number of non-ortho nitro benzene ring substituents is 1. The van der Waals surface area contributed by atoms with E-state index in [0.29, 0.717) is 28.2 Å². The molecule has 2 aromatic carbocycles. The molecule has 0 saturated carbocycles. The Morgan fingerprint density at radius 3 is 2.21 bits per heavy atom. The minimum atomic E-state index is -2.41. The number of carbonyl (C=O) groups excluding carboxylic acids is 2. The van der Waals surface area contributed by atoms with Crippen LogP contribution < -0.4 is 14.9 Å². The molecule has 0 aliphatic rings. The minimum absolute atomic E-state index is 0.0664. The van der Waals surface area contributed by atoms with Crippen molar-refractivity contribution in [3.8, 4) is 11.5 Å². The molecule has 0 heterocycles. The van der Waals surface area contributed by atoms with Crippen LogP contribution in [0.4, 0.5) is 5.69 Å². The Balaban J connectivity index is 2.61. The summed E-state index contributed by atoms with van der Waals surface area (Å²) in [5, 5.41) is 10.1. The van der Waals surface area contributed by atoms with Crippen LogP contribution in [0.5, 0.6) is 11.5 Å². The second-order valence-electron chi connectivity index (χ2n) is 10.7. The molecular formula is C27H38N2O8SSi. The number of ether oxygens (including phenoxy) is 3. The molecule has 2 atom stereocenters. The summed E-state index contributed by atoms with van der Waals surface area (Å²) in [7, 11) is 0.338. The summed E-state index contributed by atoms with van der Waals surface area (Å²) in [5.74, 6) is -0.435. The SMILES string of the molecule is COC(=O)C(N)C[C@@H](S)c1c(O[Si](C)(C)C(C)(C)C)cc(OC)c(C)c1C(=O)OCc1ccc([N+](=O)[O-])cc1. The topological polar surface area (TPSA) is 140 Å². The zero-order valence-corrected chi connectivity index (χ0v) is 25.6. The molecule has 0 aliphatic carbocycles. The summed E-state index contributed by atoms with van der Waals surface area (Å²) in [6.45, 7) is 12.0. The van der Waals surface area contributed by atoms with Crippen LogP contribution in [0, 0.1) is 17.0 Å². The van der Waals surface area contributed by atoms with Crippen molar-refractivity contribution in [1.29, 1.82) is 0 Å². The van der Waals surface area contributed by atoms with E-state index in [1.807, 2.05) is 0 Å². The third-order valence-corrected chi connectivity index (χ3v) is 11.8. The molecule has 0 aromatic heterocycles. The normalized spacial score (nSPS) is 13.3. The van der Waals surface area contributed by atoms with Gasteiger partial charge in [-0.25, -0.2) is 4.79 Å². The lowest BCUT2D eigenvalue weighted by Crippen LogP contribution is -2.44. The summed E-state index contributed by atoms with van der Waals surface area (Å²) in [4.78, 5) is 36.1. The fourth-order valence-corrected chi connectivity index (χ4v) is 5.12. The number of methoxy groups -OCH3 is 2. The van der Waals surface area contributed by atoms with Crippen molar-refractivity contribution < 1.29 is 33.1 Å². The summed E-state index contributed by atoms with van der Waals surface area (Å²) >= 11 is 4.76. The fourth-order valence-electron chi connectivity index (χ4n) is 3.61. The summed E-state index contributed by atoms with van der Waals surface area (Å²) in [6.07, 6.45) is 0.0675. The largest absolute Gasteiger partial charge is 0.543 e. The molecule has 39 heavy (non-hydrogen) atoms. The highest BCUT2D eigenvalue weighted by Gasteiger charge is 2.41. The fraction of sp³-hybridized carbons (Fsp3) is 0.481. The van der Waals surface area contributed by atoms with Gasteiger partial charge in [0.05, 0.1) is 24.7 Å². The van der Waals surface area contributed by atoms with E-state index >= 15 is 0 Å². The molecule has 0 aliphatic heterocycles. The standard InChI is InChI=1S/C27H38N2O8SSi/c1-16-20(34-5)14-21(37-39(7,8)27(2,3)4)24(22(38)13-19(28)25(30)35-6)23(16)26(31)36-15-17-9-11-18(12-10-17)29(32)33/h9-12,14,19,22,38H,13,15,28H2,1-8H3/t19?,22-/m1/s1. The van der Waals surface area contributed by atoms with Gasteiger partial charge in [0.2, 0.25) is 8.32 Å². The molecule has 0 saturated heterocycles. The van der Waals surface area contributed by atoms with E-state index in [1.165, 1.54) is 38.5 Å². The Morgan fingerprint density at radius 1 is 1.13 bits per heavy atom. The predicted molar refractivity (Wildman–Crippen MR) is 154 cm³/mol. The van der Waals surface area contributed by atoms with Crippen molar-refractivity contribution in [3.05, 3.63) is 62.7 Å². The first kappa shape index (κ1) is 32.1. The number of nitrogens with zero attached hydrogens (tertiary/aromatic N) is 1. The molecule has 2 N–H and O–H groups in total. The third kappa shape index (κ3) is 7.73. The Bertz CT molecular complexity index is 1210. The molecule has 0 fully saturated rings. The number of benzene rings is 2. The van der Waals surface area contributed by atoms with Gasteiger partial charge in [0, 0.05) is 34.6 Å². The Hall–Kier alpha value is -3.09. The van der Waals surface area contributed by atoms with Gasteiger partial charge in [-0.15, -0.1) is 0 Å². The number of hydrogen-bond acceptors (Lipinski definition) is 10. The molecule has 0 radical (unpaired) electrons. The number of rotatable bonds is 11.